The van der Waals surface area contributed by atoms with E-state index >= 15 is 0 Å². The van der Waals surface area contributed by atoms with E-state index in [2.05, 4.69) is 5.32 Å². The number of rotatable bonds is 3. The van der Waals surface area contributed by atoms with Gasteiger partial charge in [0.2, 0.25) is 0 Å². The van der Waals surface area contributed by atoms with E-state index in [1.54, 1.807) is 0 Å². The van der Waals surface area contributed by atoms with Crippen LogP contribution < -0.4 is 5.32 Å². The highest BCUT2D eigenvalue weighted by Crippen LogP contribution is 2.36. The monoisotopic (exact) mass is 321 g/mol. The quantitative estimate of drug-likeness (QED) is 0.834. The van der Waals surface area contributed by atoms with Crippen LogP contribution in [0.1, 0.15) is 38.7 Å². The summed E-state index contributed by atoms with van der Waals surface area (Å²) in [6.45, 7) is 4.66. The molecule has 1 heterocycles. The molecule has 2 unspecified atom stereocenters. The van der Waals surface area contributed by atoms with Crippen LogP contribution in [0.3, 0.4) is 0 Å². The Kier molecular flexibility index (Phi) is 4.73. The first kappa shape index (κ1) is 16.4. The Bertz CT molecular complexity index is 506. The van der Waals surface area contributed by atoms with E-state index in [9.17, 15) is 13.2 Å². The minimum atomic E-state index is -4.37. The second kappa shape index (κ2) is 6.05. The minimum absolute atomic E-state index is 0.0599. The molecule has 118 valence electrons. The topological polar surface area (TPSA) is 21.3 Å². The number of benzene rings is 1. The highest BCUT2D eigenvalue weighted by atomic mass is 35.5. The van der Waals surface area contributed by atoms with E-state index in [1.165, 1.54) is 6.07 Å². The predicted octanol–water partition coefficient (Wildman–Crippen LogP) is 5.12. The lowest BCUT2D eigenvalue weighted by Crippen LogP contribution is -2.41. The zero-order chi connectivity index (χ0) is 15.7. The van der Waals surface area contributed by atoms with Crippen molar-refractivity contribution in [3.8, 4) is 0 Å². The van der Waals surface area contributed by atoms with Gasteiger partial charge in [-0.2, -0.15) is 13.2 Å². The molecule has 2 atom stereocenters. The Balaban J connectivity index is 2.15. The number of nitrogens with one attached hydrogen (secondary N) is 1. The van der Waals surface area contributed by atoms with Crippen LogP contribution in [0.2, 0.25) is 5.02 Å². The number of alkyl halides is 3. The molecule has 0 spiro atoms. The summed E-state index contributed by atoms with van der Waals surface area (Å²) in [6, 6.07) is 3.41. The molecule has 2 nitrogen and oxygen atoms in total. The average Bonchev–Trinajstić information content (AvgIpc) is 2.40. The fourth-order valence-corrected chi connectivity index (χ4v) is 2.70. The smallest absolute Gasteiger partial charge is 0.381 e. The summed E-state index contributed by atoms with van der Waals surface area (Å²) in [5, 5.41) is 3.44. The van der Waals surface area contributed by atoms with Crippen LogP contribution in [0.25, 0.3) is 0 Å². The summed E-state index contributed by atoms with van der Waals surface area (Å²) < 4.78 is 44.0. The lowest BCUT2D eigenvalue weighted by atomic mass is 9.90. The summed E-state index contributed by atoms with van der Waals surface area (Å²) in [5.74, 6) is 0. The minimum Gasteiger partial charge on any atom is -0.381 e. The first-order chi connectivity index (χ1) is 9.73. The summed E-state index contributed by atoms with van der Waals surface area (Å²) in [5.41, 5.74) is -0.596. The second-order valence-electron chi connectivity index (χ2n) is 5.68. The van der Waals surface area contributed by atoms with E-state index < -0.39 is 11.7 Å². The van der Waals surface area contributed by atoms with Crippen LogP contribution in [0.4, 0.5) is 18.9 Å². The zero-order valence-electron chi connectivity index (χ0n) is 12.1. The Morgan fingerprint density at radius 1 is 1.43 bits per heavy atom. The van der Waals surface area contributed by atoms with Crippen LogP contribution in [0, 0.1) is 0 Å². The van der Waals surface area contributed by atoms with Crippen LogP contribution in [0.5, 0.6) is 0 Å². The number of hydrogen-bond donors (Lipinski definition) is 1. The Labute approximate surface area is 127 Å². The molecule has 1 N–H and O–H groups in total. The summed E-state index contributed by atoms with van der Waals surface area (Å²) in [4.78, 5) is 0. The Hall–Kier alpha value is -0.940. The number of halogens is 4. The van der Waals surface area contributed by atoms with Crippen molar-refractivity contribution in [2.45, 2.75) is 50.9 Å². The van der Waals surface area contributed by atoms with E-state index in [-0.39, 0.29) is 11.6 Å². The van der Waals surface area contributed by atoms with Crippen molar-refractivity contribution in [3.63, 3.8) is 0 Å². The van der Waals surface area contributed by atoms with Gasteiger partial charge in [0, 0.05) is 12.6 Å². The molecule has 1 aromatic rings. The van der Waals surface area contributed by atoms with Gasteiger partial charge in [-0.3, -0.25) is 0 Å². The maximum Gasteiger partial charge on any atom is 0.416 e. The molecule has 0 aliphatic carbocycles. The van der Waals surface area contributed by atoms with Gasteiger partial charge in [0.05, 0.1) is 21.9 Å². The van der Waals surface area contributed by atoms with Crippen LogP contribution in [-0.4, -0.2) is 18.2 Å². The van der Waals surface area contributed by atoms with Crippen molar-refractivity contribution >= 4 is 17.3 Å². The molecular formula is C15H19ClF3NO. The van der Waals surface area contributed by atoms with Gasteiger partial charge in [-0.1, -0.05) is 18.5 Å². The maximum atomic E-state index is 12.8. The van der Waals surface area contributed by atoms with E-state index in [0.717, 1.165) is 31.4 Å². The predicted molar refractivity (Wildman–Crippen MR) is 77.7 cm³/mol. The molecule has 1 saturated heterocycles. The van der Waals surface area contributed by atoms with Crippen LogP contribution in [0.15, 0.2) is 18.2 Å². The van der Waals surface area contributed by atoms with E-state index in [0.29, 0.717) is 17.3 Å². The second-order valence-corrected chi connectivity index (χ2v) is 6.09. The van der Waals surface area contributed by atoms with Crippen molar-refractivity contribution in [1.82, 2.24) is 0 Å². The fraction of sp³-hybridized carbons (Fsp3) is 0.600. The molecule has 1 aromatic carbocycles. The molecule has 6 heteroatoms. The van der Waals surface area contributed by atoms with Crippen molar-refractivity contribution in [2.24, 2.45) is 0 Å². The SMILES string of the molecule is CCC1(C)CC(Nc2cc(C(F)(F)F)ccc2Cl)CCO1. The van der Waals surface area contributed by atoms with Crippen molar-refractivity contribution in [3.05, 3.63) is 28.8 Å². The van der Waals surface area contributed by atoms with Crippen LogP contribution >= 0.6 is 11.6 Å². The normalized spacial score (nSPS) is 26.7. The molecule has 0 aromatic heterocycles. The van der Waals surface area contributed by atoms with Crippen molar-refractivity contribution in [1.29, 1.82) is 0 Å². The number of hydrogen-bond acceptors (Lipinski definition) is 2. The summed E-state index contributed by atoms with van der Waals surface area (Å²) in [6.07, 6.45) is -2.01. The van der Waals surface area contributed by atoms with Gasteiger partial charge >= 0.3 is 6.18 Å². The molecule has 1 aliphatic rings. The van der Waals surface area contributed by atoms with Crippen molar-refractivity contribution < 1.29 is 17.9 Å². The molecule has 0 radical (unpaired) electrons. The van der Waals surface area contributed by atoms with Gasteiger partial charge in [-0.05, 0) is 44.4 Å². The van der Waals surface area contributed by atoms with Crippen LogP contribution in [-0.2, 0) is 10.9 Å². The lowest BCUT2D eigenvalue weighted by Gasteiger charge is -2.38. The van der Waals surface area contributed by atoms with Gasteiger partial charge < -0.3 is 10.1 Å². The molecular weight excluding hydrogens is 303 g/mol. The first-order valence-electron chi connectivity index (χ1n) is 7.01. The average molecular weight is 322 g/mol. The standard InChI is InChI=1S/C15H19ClF3NO/c1-3-14(2)9-11(6-7-21-14)20-13-8-10(15(17,18)19)4-5-12(13)16/h4-5,8,11,20H,3,6-7,9H2,1-2H3. The Morgan fingerprint density at radius 3 is 2.76 bits per heavy atom. The molecule has 0 bridgehead atoms. The van der Waals surface area contributed by atoms with Gasteiger partial charge in [0.15, 0.2) is 0 Å². The third-order valence-electron chi connectivity index (χ3n) is 4.00. The van der Waals surface area contributed by atoms with Gasteiger partial charge in [-0.15, -0.1) is 0 Å². The molecule has 21 heavy (non-hydrogen) atoms. The molecule has 0 saturated carbocycles. The fourth-order valence-electron chi connectivity index (χ4n) is 2.53. The third kappa shape index (κ3) is 4.04. The molecule has 1 fully saturated rings. The third-order valence-corrected chi connectivity index (χ3v) is 4.33. The summed E-state index contributed by atoms with van der Waals surface area (Å²) >= 11 is 6.01. The van der Waals surface area contributed by atoms with Crippen molar-refractivity contribution in [2.75, 3.05) is 11.9 Å². The Morgan fingerprint density at radius 2 is 2.14 bits per heavy atom. The van der Waals surface area contributed by atoms with Gasteiger partial charge in [0.1, 0.15) is 0 Å². The number of ether oxygens (including phenoxy) is 1. The first-order valence-corrected chi connectivity index (χ1v) is 7.38. The molecule has 0 amide bonds. The number of anilines is 1. The highest BCUT2D eigenvalue weighted by Gasteiger charge is 2.33. The van der Waals surface area contributed by atoms with Gasteiger partial charge in [-0.25, -0.2) is 0 Å². The van der Waals surface area contributed by atoms with E-state index in [4.69, 9.17) is 16.3 Å². The zero-order valence-corrected chi connectivity index (χ0v) is 12.8. The largest absolute Gasteiger partial charge is 0.416 e. The lowest BCUT2D eigenvalue weighted by molar-refractivity contribution is -0.137. The maximum absolute atomic E-state index is 12.8. The van der Waals surface area contributed by atoms with E-state index in [1.807, 2.05) is 13.8 Å². The summed E-state index contributed by atoms with van der Waals surface area (Å²) in [7, 11) is 0. The molecule has 1 aliphatic heterocycles. The van der Waals surface area contributed by atoms with Gasteiger partial charge in [0.25, 0.3) is 0 Å². The highest BCUT2D eigenvalue weighted by molar-refractivity contribution is 6.33. The molecule has 2 rings (SSSR count).